The molecule has 36 heavy (non-hydrogen) atoms. The van der Waals surface area contributed by atoms with Crippen LogP contribution >= 0.6 is 0 Å². The molecule has 2 aliphatic rings. The van der Waals surface area contributed by atoms with Crippen molar-refractivity contribution in [2.24, 2.45) is 5.10 Å². The van der Waals surface area contributed by atoms with Crippen LogP contribution in [0.3, 0.4) is 0 Å². The SMILES string of the molecule is CC1=NN(c2ccccc2)C(=O)/C1=C/c1cn(CC(O)CN2CCc3ccccc32)c2ccccc12. The molecule has 0 saturated carbocycles. The highest BCUT2D eigenvalue weighted by Gasteiger charge is 2.29. The zero-order chi connectivity index (χ0) is 24.6. The number of para-hydroxylation sites is 3. The van der Waals surface area contributed by atoms with Crippen molar-refractivity contribution in [3.63, 3.8) is 0 Å². The lowest BCUT2D eigenvalue weighted by atomic mass is 10.1. The van der Waals surface area contributed by atoms with Gasteiger partial charge in [0.05, 0.1) is 29.6 Å². The predicted octanol–water partition coefficient (Wildman–Crippen LogP) is 4.87. The van der Waals surface area contributed by atoms with Gasteiger partial charge in [-0.3, -0.25) is 4.79 Å². The second kappa shape index (κ2) is 9.13. The molecule has 6 nitrogen and oxygen atoms in total. The van der Waals surface area contributed by atoms with Crippen LogP contribution in [0.15, 0.2) is 95.7 Å². The third-order valence-electron chi connectivity index (χ3n) is 7.00. The van der Waals surface area contributed by atoms with E-state index in [9.17, 15) is 9.90 Å². The lowest BCUT2D eigenvalue weighted by Gasteiger charge is -2.23. The van der Waals surface area contributed by atoms with Crippen LogP contribution in [0.25, 0.3) is 17.0 Å². The van der Waals surface area contributed by atoms with Gasteiger partial charge >= 0.3 is 0 Å². The number of carbonyl (C=O) groups excluding carboxylic acids is 1. The molecule has 0 aliphatic carbocycles. The van der Waals surface area contributed by atoms with Gasteiger partial charge in [0.2, 0.25) is 0 Å². The predicted molar refractivity (Wildman–Crippen MR) is 145 cm³/mol. The highest BCUT2D eigenvalue weighted by Crippen LogP contribution is 2.30. The summed E-state index contributed by atoms with van der Waals surface area (Å²) in [7, 11) is 0. The van der Waals surface area contributed by atoms with E-state index in [1.54, 1.807) is 0 Å². The van der Waals surface area contributed by atoms with Crippen molar-refractivity contribution in [3.8, 4) is 0 Å². The summed E-state index contributed by atoms with van der Waals surface area (Å²) < 4.78 is 2.09. The largest absolute Gasteiger partial charge is 0.389 e. The third kappa shape index (κ3) is 3.99. The van der Waals surface area contributed by atoms with Gasteiger partial charge in [0.1, 0.15) is 0 Å². The molecule has 1 unspecified atom stereocenters. The van der Waals surface area contributed by atoms with Gasteiger partial charge in [-0.1, -0.05) is 54.6 Å². The van der Waals surface area contributed by atoms with Crippen molar-refractivity contribution in [3.05, 3.63) is 102 Å². The molecule has 0 bridgehead atoms. The fourth-order valence-electron chi connectivity index (χ4n) is 5.26. The average molecular weight is 477 g/mol. The van der Waals surface area contributed by atoms with E-state index in [1.165, 1.54) is 16.3 Å². The number of aliphatic hydroxyl groups excluding tert-OH is 1. The molecule has 2 aliphatic heterocycles. The number of β-amino-alcohol motifs (C(OH)–C–C–N with tert-alkyl or cyclic N) is 1. The molecule has 3 heterocycles. The molecular formula is C30H28N4O2. The molecular weight excluding hydrogens is 448 g/mol. The zero-order valence-electron chi connectivity index (χ0n) is 20.2. The Balaban J connectivity index is 1.27. The Hall–Kier alpha value is -4.16. The van der Waals surface area contributed by atoms with Gasteiger partial charge in [0.15, 0.2) is 0 Å². The Morgan fingerprint density at radius 3 is 2.58 bits per heavy atom. The molecule has 1 atom stereocenters. The first-order chi connectivity index (χ1) is 17.6. The summed E-state index contributed by atoms with van der Waals surface area (Å²) in [4.78, 5) is 15.5. The van der Waals surface area contributed by atoms with E-state index < -0.39 is 6.10 Å². The van der Waals surface area contributed by atoms with E-state index in [1.807, 2.05) is 61.7 Å². The van der Waals surface area contributed by atoms with Crippen molar-refractivity contribution < 1.29 is 9.90 Å². The van der Waals surface area contributed by atoms with E-state index in [0.717, 1.165) is 35.1 Å². The van der Waals surface area contributed by atoms with Crippen molar-refractivity contribution in [2.75, 3.05) is 23.0 Å². The molecule has 1 N–H and O–H groups in total. The van der Waals surface area contributed by atoms with Crippen LogP contribution in [-0.4, -0.2) is 40.5 Å². The lowest BCUT2D eigenvalue weighted by molar-refractivity contribution is -0.114. The number of fused-ring (bicyclic) bond motifs is 2. The minimum atomic E-state index is -0.530. The first-order valence-corrected chi connectivity index (χ1v) is 12.3. The molecule has 0 saturated heterocycles. The second-order valence-electron chi connectivity index (χ2n) is 9.43. The fraction of sp³-hybridized carbons (Fsp3) is 0.200. The van der Waals surface area contributed by atoms with E-state index in [2.05, 4.69) is 51.0 Å². The van der Waals surface area contributed by atoms with Gasteiger partial charge in [-0.2, -0.15) is 10.1 Å². The summed E-state index contributed by atoms with van der Waals surface area (Å²) >= 11 is 0. The summed E-state index contributed by atoms with van der Waals surface area (Å²) in [5.74, 6) is -0.136. The van der Waals surface area contributed by atoms with E-state index >= 15 is 0 Å². The molecule has 6 heteroatoms. The maximum Gasteiger partial charge on any atom is 0.280 e. The molecule has 1 amide bonds. The number of anilines is 2. The fourth-order valence-corrected chi connectivity index (χ4v) is 5.26. The smallest absolute Gasteiger partial charge is 0.280 e. The number of nitrogens with zero attached hydrogens (tertiary/aromatic N) is 4. The van der Waals surface area contributed by atoms with Crippen LogP contribution in [0.4, 0.5) is 11.4 Å². The standard InChI is InChI=1S/C30H28N4O2/c1-21-27(30(36)34(31-21)24-10-3-2-4-11-24)17-23-18-33(29-14-8-6-12-26(23)29)20-25(35)19-32-16-15-22-9-5-7-13-28(22)32/h2-14,17-18,25,35H,15-16,19-20H2,1H3/b27-17+. The second-order valence-corrected chi connectivity index (χ2v) is 9.43. The summed E-state index contributed by atoms with van der Waals surface area (Å²) in [5.41, 5.74) is 6.55. The molecule has 6 rings (SSSR count). The minimum absolute atomic E-state index is 0.136. The number of amides is 1. The van der Waals surface area contributed by atoms with Crippen LogP contribution in [0.1, 0.15) is 18.1 Å². The Morgan fingerprint density at radius 1 is 0.972 bits per heavy atom. The topological polar surface area (TPSA) is 61.1 Å². The van der Waals surface area contributed by atoms with Gasteiger partial charge in [-0.05, 0) is 49.2 Å². The highest BCUT2D eigenvalue weighted by atomic mass is 16.3. The molecule has 0 radical (unpaired) electrons. The monoisotopic (exact) mass is 476 g/mol. The van der Waals surface area contributed by atoms with E-state index in [-0.39, 0.29) is 5.91 Å². The van der Waals surface area contributed by atoms with Gasteiger partial charge in [0.25, 0.3) is 5.91 Å². The highest BCUT2D eigenvalue weighted by molar-refractivity contribution is 6.32. The minimum Gasteiger partial charge on any atom is -0.389 e. The van der Waals surface area contributed by atoms with Gasteiger partial charge in [-0.15, -0.1) is 0 Å². The number of hydrogen-bond donors (Lipinski definition) is 1. The molecule has 180 valence electrons. The molecule has 0 fully saturated rings. The Kier molecular flexibility index (Phi) is 5.66. The maximum absolute atomic E-state index is 13.2. The number of hydrazone groups is 1. The van der Waals surface area contributed by atoms with Crippen LogP contribution in [0.5, 0.6) is 0 Å². The van der Waals surface area contributed by atoms with Crippen molar-refractivity contribution >= 4 is 40.0 Å². The number of rotatable bonds is 6. The zero-order valence-corrected chi connectivity index (χ0v) is 20.2. The lowest BCUT2D eigenvalue weighted by Crippen LogP contribution is -2.33. The first-order valence-electron chi connectivity index (χ1n) is 12.3. The molecule has 0 spiro atoms. The van der Waals surface area contributed by atoms with Crippen LogP contribution in [0.2, 0.25) is 0 Å². The van der Waals surface area contributed by atoms with E-state index in [0.29, 0.717) is 24.4 Å². The normalized spacial score (nSPS) is 17.2. The maximum atomic E-state index is 13.2. The van der Waals surface area contributed by atoms with E-state index in [4.69, 9.17) is 0 Å². The average Bonchev–Trinajstić information content (AvgIpc) is 3.55. The Morgan fingerprint density at radius 2 is 1.72 bits per heavy atom. The number of aliphatic hydroxyl groups is 1. The van der Waals surface area contributed by atoms with Gasteiger partial charge in [0, 0.05) is 41.4 Å². The number of carbonyl (C=O) groups is 1. The Bertz CT molecular complexity index is 1500. The number of aromatic nitrogens is 1. The molecule has 4 aromatic rings. The number of benzene rings is 3. The quantitative estimate of drug-likeness (QED) is 0.404. The van der Waals surface area contributed by atoms with Crippen molar-refractivity contribution in [2.45, 2.75) is 26.0 Å². The van der Waals surface area contributed by atoms with Crippen molar-refractivity contribution in [1.29, 1.82) is 0 Å². The summed E-state index contributed by atoms with van der Waals surface area (Å²) in [5, 5.41) is 18.0. The molecule has 1 aromatic heterocycles. The van der Waals surface area contributed by atoms with Crippen LogP contribution in [-0.2, 0) is 17.8 Å². The first kappa shape index (κ1) is 22.3. The summed E-state index contributed by atoms with van der Waals surface area (Å²) in [6, 6.07) is 26.0. The van der Waals surface area contributed by atoms with Crippen LogP contribution in [0, 0.1) is 0 Å². The summed E-state index contributed by atoms with van der Waals surface area (Å²) in [6.07, 6.45) is 4.44. The summed E-state index contributed by atoms with van der Waals surface area (Å²) in [6.45, 7) is 3.85. The number of hydrogen-bond acceptors (Lipinski definition) is 4. The third-order valence-corrected chi connectivity index (χ3v) is 7.00. The van der Waals surface area contributed by atoms with Crippen molar-refractivity contribution in [1.82, 2.24) is 4.57 Å². The van der Waals surface area contributed by atoms with Gasteiger partial charge in [-0.25, -0.2) is 0 Å². The molecule has 3 aromatic carbocycles. The Labute approximate surface area is 210 Å². The van der Waals surface area contributed by atoms with Crippen LogP contribution < -0.4 is 9.91 Å². The van der Waals surface area contributed by atoms with Gasteiger partial charge < -0.3 is 14.6 Å².